The van der Waals surface area contributed by atoms with Crippen LogP contribution >= 0.6 is 11.3 Å². The van der Waals surface area contributed by atoms with Crippen LogP contribution in [0.1, 0.15) is 24.1 Å². The fourth-order valence-electron chi connectivity index (χ4n) is 3.61. The Balaban J connectivity index is 2.09. The number of fused-ring (bicyclic) bond motifs is 1. The van der Waals surface area contributed by atoms with Gasteiger partial charge in [0.05, 0.1) is 5.57 Å². The van der Waals surface area contributed by atoms with Crippen molar-refractivity contribution in [3.05, 3.63) is 33.8 Å². The number of hydrogen-bond acceptors (Lipinski definition) is 6. The van der Waals surface area contributed by atoms with Crippen LogP contribution in [0.3, 0.4) is 0 Å². The van der Waals surface area contributed by atoms with Gasteiger partial charge in [-0.25, -0.2) is 0 Å². The van der Waals surface area contributed by atoms with Crippen LogP contribution in [0.2, 0.25) is 0 Å². The molecule has 0 spiro atoms. The molecular formula is C16H21N3O2S. The summed E-state index contributed by atoms with van der Waals surface area (Å²) in [6.45, 7) is 4.88. The predicted octanol–water partition coefficient (Wildman–Crippen LogP) is 2.24. The van der Waals surface area contributed by atoms with Crippen LogP contribution in [0.4, 0.5) is 0 Å². The van der Waals surface area contributed by atoms with E-state index in [0.717, 1.165) is 30.9 Å². The second-order valence-corrected chi connectivity index (χ2v) is 6.73. The molecule has 2 N–H and O–H groups in total. The summed E-state index contributed by atoms with van der Waals surface area (Å²) < 4.78 is 11.7. The molecule has 1 saturated heterocycles. The summed E-state index contributed by atoms with van der Waals surface area (Å²) in [5, 5.41) is 11.6. The number of methoxy groups -OCH3 is 1. The lowest BCUT2D eigenvalue weighted by atomic mass is 9.74. The van der Waals surface area contributed by atoms with Gasteiger partial charge in [0.1, 0.15) is 6.07 Å². The Morgan fingerprint density at radius 2 is 2.45 bits per heavy atom. The molecule has 0 aromatic carbocycles. The molecule has 0 saturated carbocycles. The zero-order chi connectivity index (χ0) is 15.7. The minimum Gasteiger partial charge on any atom is -0.446 e. The molecule has 0 radical (unpaired) electrons. The summed E-state index contributed by atoms with van der Waals surface area (Å²) in [6.07, 6.45) is 0.753. The number of rotatable bonds is 3. The van der Waals surface area contributed by atoms with Gasteiger partial charge in [-0.1, -0.05) is 13.0 Å². The van der Waals surface area contributed by atoms with Crippen molar-refractivity contribution in [2.75, 3.05) is 26.7 Å². The third-order valence-corrected chi connectivity index (χ3v) is 5.78. The van der Waals surface area contributed by atoms with Crippen molar-refractivity contribution >= 4 is 11.3 Å². The molecule has 1 aromatic heterocycles. The quantitative estimate of drug-likeness (QED) is 0.925. The van der Waals surface area contributed by atoms with Crippen molar-refractivity contribution in [3.8, 4) is 6.07 Å². The monoisotopic (exact) mass is 319 g/mol. The summed E-state index contributed by atoms with van der Waals surface area (Å²) in [7, 11) is 1.67. The van der Waals surface area contributed by atoms with Crippen molar-refractivity contribution in [1.82, 2.24) is 4.90 Å². The van der Waals surface area contributed by atoms with Crippen molar-refractivity contribution < 1.29 is 9.47 Å². The van der Waals surface area contributed by atoms with Crippen LogP contribution in [-0.2, 0) is 9.47 Å². The lowest BCUT2D eigenvalue weighted by Crippen LogP contribution is -2.58. The largest absolute Gasteiger partial charge is 0.446 e. The van der Waals surface area contributed by atoms with Gasteiger partial charge in [-0.15, -0.1) is 11.3 Å². The Morgan fingerprint density at radius 3 is 3.05 bits per heavy atom. The Kier molecular flexibility index (Phi) is 4.13. The van der Waals surface area contributed by atoms with Crippen LogP contribution in [-0.4, -0.2) is 37.4 Å². The molecule has 1 fully saturated rings. The number of ether oxygens (including phenoxy) is 2. The number of likely N-dealkylation sites (tertiary alicyclic amines) is 1. The lowest BCUT2D eigenvalue weighted by Gasteiger charge is -2.51. The molecule has 2 aliphatic rings. The Labute approximate surface area is 134 Å². The molecule has 118 valence electrons. The molecule has 3 heterocycles. The number of nitriles is 1. The highest BCUT2D eigenvalue weighted by Gasteiger charge is 2.54. The molecule has 3 atom stereocenters. The molecule has 0 bridgehead atoms. The van der Waals surface area contributed by atoms with Crippen molar-refractivity contribution in [1.29, 1.82) is 5.26 Å². The number of allylic oxidation sites excluding steroid dienone is 1. The molecule has 0 unspecified atom stereocenters. The van der Waals surface area contributed by atoms with Gasteiger partial charge in [0.2, 0.25) is 11.7 Å². The molecule has 0 amide bonds. The maximum atomic E-state index is 9.58. The van der Waals surface area contributed by atoms with E-state index in [-0.39, 0.29) is 17.7 Å². The Morgan fingerprint density at radius 1 is 1.64 bits per heavy atom. The van der Waals surface area contributed by atoms with Gasteiger partial charge in [0.25, 0.3) is 0 Å². The second-order valence-electron chi connectivity index (χ2n) is 5.75. The van der Waals surface area contributed by atoms with Gasteiger partial charge in [-0.2, -0.15) is 5.26 Å². The highest BCUT2D eigenvalue weighted by Crippen LogP contribution is 2.50. The van der Waals surface area contributed by atoms with E-state index in [1.54, 1.807) is 18.4 Å². The molecule has 2 aliphatic heterocycles. The normalized spacial score (nSPS) is 32.2. The van der Waals surface area contributed by atoms with Crippen molar-refractivity contribution in [3.63, 3.8) is 0 Å². The molecule has 1 aromatic rings. The molecule has 3 rings (SSSR count). The Hall–Kier alpha value is -1.55. The van der Waals surface area contributed by atoms with E-state index in [4.69, 9.17) is 15.2 Å². The summed E-state index contributed by atoms with van der Waals surface area (Å²) in [5.74, 6) is -0.520. The zero-order valence-corrected chi connectivity index (χ0v) is 13.7. The molecule has 0 aliphatic carbocycles. The zero-order valence-electron chi connectivity index (χ0n) is 12.9. The van der Waals surface area contributed by atoms with Gasteiger partial charge in [-0.05, 0) is 18.0 Å². The minimum absolute atomic E-state index is 0.0619. The predicted molar refractivity (Wildman–Crippen MR) is 84.9 cm³/mol. The Bertz CT molecular complexity index is 607. The van der Waals surface area contributed by atoms with Crippen molar-refractivity contribution in [2.24, 2.45) is 11.7 Å². The van der Waals surface area contributed by atoms with E-state index in [2.05, 4.69) is 24.0 Å². The molecule has 6 heteroatoms. The van der Waals surface area contributed by atoms with Gasteiger partial charge < -0.3 is 20.1 Å². The highest BCUT2D eigenvalue weighted by atomic mass is 32.1. The van der Waals surface area contributed by atoms with E-state index >= 15 is 0 Å². The van der Waals surface area contributed by atoms with Gasteiger partial charge in [-0.3, -0.25) is 0 Å². The number of thiophene rings is 1. The topological polar surface area (TPSA) is 71.5 Å². The van der Waals surface area contributed by atoms with E-state index in [1.807, 2.05) is 11.4 Å². The summed E-state index contributed by atoms with van der Waals surface area (Å²) >= 11 is 1.65. The average Bonchev–Trinajstić information content (AvgIpc) is 3.07. The first-order valence-corrected chi connectivity index (χ1v) is 8.42. The van der Waals surface area contributed by atoms with E-state index in [0.29, 0.717) is 5.57 Å². The maximum absolute atomic E-state index is 9.58. The molecule has 22 heavy (non-hydrogen) atoms. The number of nitrogens with zero attached hydrogens (tertiary/aromatic N) is 2. The molecular weight excluding hydrogens is 298 g/mol. The van der Waals surface area contributed by atoms with Crippen LogP contribution in [0, 0.1) is 17.2 Å². The fourth-order valence-corrected chi connectivity index (χ4v) is 4.51. The highest BCUT2D eigenvalue weighted by molar-refractivity contribution is 7.10. The second kappa shape index (κ2) is 5.92. The van der Waals surface area contributed by atoms with Crippen molar-refractivity contribution in [2.45, 2.75) is 25.0 Å². The summed E-state index contributed by atoms with van der Waals surface area (Å²) in [5.41, 5.74) is 6.59. The van der Waals surface area contributed by atoms with E-state index < -0.39 is 5.79 Å². The van der Waals surface area contributed by atoms with Gasteiger partial charge in [0, 0.05) is 43.3 Å². The smallest absolute Gasteiger partial charge is 0.218 e. The number of hydrogen-bond donors (Lipinski definition) is 1. The third kappa shape index (κ3) is 2.30. The van der Waals surface area contributed by atoms with Crippen LogP contribution in [0.5, 0.6) is 0 Å². The number of piperidine rings is 1. The first-order chi connectivity index (χ1) is 10.6. The van der Waals surface area contributed by atoms with Crippen LogP contribution in [0.25, 0.3) is 0 Å². The van der Waals surface area contributed by atoms with Crippen LogP contribution < -0.4 is 5.73 Å². The number of nitrogens with two attached hydrogens (primary N) is 1. The average molecular weight is 319 g/mol. The maximum Gasteiger partial charge on any atom is 0.218 e. The lowest BCUT2D eigenvalue weighted by molar-refractivity contribution is -0.265. The fraction of sp³-hybridized carbons (Fsp3) is 0.562. The van der Waals surface area contributed by atoms with Crippen LogP contribution in [0.15, 0.2) is 29.0 Å². The van der Waals surface area contributed by atoms with Gasteiger partial charge in [0.15, 0.2) is 0 Å². The third-order valence-electron chi connectivity index (χ3n) is 4.82. The first-order valence-electron chi connectivity index (χ1n) is 7.55. The molecule has 5 nitrogen and oxygen atoms in total. The SMILES string of the molecule is CCN1CC[C@@]2(OC)OC(N)=C(C#N)[C@@H](c3cccs3)[C@@H]2C1. The summed E-state index contributed by atoms with van der Waals surface area (Å²) in [4.78, 5) is 3.52. The van der Waals surface area contributed by atoms with E-state index in [9.17, 15) is 5.26 Å². The standard InChI is InChI=1S/C16H21N3O2S/c1-3-19-7-6-16(20-2)12(10-19)14(13-5-4-8-22-13)11(9-17)15(18)21-16/h4-5,8,12,14H,3,6-7,10,18H2,1-2H3/t12-,14+,16+/m0/s1. The minimum atomic E-state index is -0.731. The first kappa shape index (κ1) is 15.3. The van der Waals surface area contributed by atoms with E-state index in [1.165, 1.54) is 0 Å². The summed E-state index contributed by atoms with van der Waals surface area (Å²) in [6, 6.07) is 6.34. The van der Waals surface area contributed by atoms with Gasteiger partial charge >= 0.3 is 0 Å².